The van der Waals surface area contributed by atoms with Gasteiger partial charge in [-0.2, -0.15) is 0 Å². The Labute approximate surface area is 171 Å². The topological polar surface area (TPSA) is 68.0 Å². The zero-order valence-corrected chi connectivity index (χ0v) is 17.1. The van der Waals surface area contributed by atoms with E-state index >= 15 is 0 Å². The Bertz CT molecular complexity index is 986. The molecule has 5 nitrogen and oxygen atoms in total. The van der Waals surface area contributed by atoms with Crippen LogP contribution in [0, 0.1) is 13.8 Å². The summed E-state index contributed by atoms with van der Waals surface area (Å²) >= 11 is 0. The molecule has 1 aliphatic rings. The fourth-order valence-electron chi connectivity index (χ4n) is 3.90. The summed E-state index contributed by atoms with van der Waals surface area (Å²) in [6.45, 7) is 3.88. The maximum atomic E-state index is 12.6. The lowest BCUT2D eigenvalue weighted by Gasteiger charge is -2.22. The number of benzene rings is 1. The summed E-state index contributed by atoms with van der Waals surface area (Å²) in [5.74, 6) is 0.602. The second kappa shape index (κ2) is 8.60. The van der Waals surface area contributed by atoms with E-state index in [4.69, 9.17) is 4.42 Å². The molecule has 150 valence electrons. The molecular formula is C24H27N3O2. The van der Waals surface area contributed by atoms with Crippen LogP contribution in [0.15, 0.2) is 47.2 Å². The quantitative estimate of drug-likeness (QED) is 0.666. The van der Waals surface area contributed by atoms with Crippen molar-refractivity contribution >= 4 is 5.91 Å². The first kappa shape index (κ1) is 19.4. The predicted octanol–water partition coefficient (Wildman–Crippen LogP) is 5.01. The standard InChI is InChI=1S/C24H27N3O2/c1-16-14-25-22(24(28)27-21-6-4-3-5-7-21)13-20(16)12-18-8-10-19(11-9-18)23-15-29-17(2)26-23/h8-11,13-15,21H,3-7,12H2,1-2H3,(H,27,28). The number of nitrogens with zero attached hydrogens (tertiary/aromatic N) is 2. The number of carbonyl (C=O) groups excluding carboxylic acids is 1. The molecule has 0 unspecified atom stereocenters. The molecule has 1 fully saturated rings. The van der Waals surface area contributed by atoms with Gasteiger partial charge in [0.25, 0.3) is 5.91 Å². The number of hydrogen-bond donors (Lipinski definition) is 1. The number of nitrogens with one attached hydrogen (secondary N) is 1. The van der Waals surface area contributed by atoms with Crippen LogP contribution in [0.3, 0.4) is 0 Å². The molecule has 2 aromatic heterocycles. The third kappa shape index (κ3) is 4.73. The van der Waals surface area contributed by atoms with Crippen molar-refractivity contribution in [2.75, 3.05) is 0 Å². The van der Waals surface area contributed by atoms with Crippen molar-refractivity contribution in [1.29, 1.82) is 0 Å². The Hall–Kier alpha value is -2.95. The Morgan fingerprint density at radius 3 is 2.59 bits per heavy atom. The zero-order chi connectivity index (χ0) is 20.2. The highest BCUT2D eigenvalue weighted by Crippen LogP contribution is 2.22. The van der Waals surface area contributed by atoms with Crippen LogP contribution in [-0.2, 0) is 6.42 Å². The minimum absolute atomic E-state index is 0.0603. The molecule has 1 amide bonds. The normalized spacial score (nSPS) is 14.7. The van der Waals surface area contributed by atoms with Gasteiger partial charge in [0.05, 0.1) is 0 Å². The Balaban J connectivity index is 1.46. The van der Waals surface area contributed by atoms with Crippen LogP contribution in [0.25, 0.3) is 11.3 Å². The number of carbonyl (C=O) groups is 1. The van der Waals surface area contributed by atoms with Gasteiger partial charge in [0.1, 0.15) is 17.7 Å². The Kier molecular flexibility index (Phi) is 5.74. The van der Waals surface area contributed by atoms with Crippen LogP contribution in [-0.4, -0.2) is 21.9 Å². The molecular weight excluding hydrogens is 362 g/mol. The smallest absolute Gasteiger partial charge is 0.270 e. The summed E-state index contributed by atoms with van der Waals surface area (Å²) in [5.41, 5.74) is 5.78. The summed E-state index contributed by atoms with van der Waals surface area (Å²) in [6, 6.07) is 10.5. The van der Waals surface area contributed by atoms with Crippen LogP contribution in [0.5, 0.6) is 0 Å². The van der Waals surface area contributed by atoms with E-state index in [9.17, 15) is 4.79 Å². The summed E-state index contributed by atoms with van der Waals surface area (Å²) < 4.78 is 5.29. The molecule has 0 aliphatic heterocycles. The van der Waals surface area contributed by atoms with E-state index in [1.165, 1.54) is 24.8 Å². The van der Waals surface area contributed by atoms with E-state index in [2.05, 4.69) is 39.6 Å². The second-order valence-corrected chi connectivity index (χ2v) is 7.93. The van der Waals surface area contributed by atoms with E-state index in [1.54, 1.807) is 12.5 Å². The molecule has 0 atom stereocenters. The fourth-order valence-corrected chi connectivity index (χ4v) is 3.90. The third-order valence-corrected chi connectivity index (χ3v) is 5.65. The van der Waals surface area contributed by atoms with Crippen LogP contribution in [0.2, 0.25) is 0 Å². The lowest BCUT2D eigenvalue weighted by Crippen LogP contribution is -2.36. The van der Waals surface area contributed by atoms with E-state index in [0.29, 0.717) is 11.6 Å². The van der Waals surface area contributed by atoms with Crippen LogP contribution in [0.1, 0.15) is 65.2 Å². The van der Waals surface area contributed by atoms with Crippen molar-refractivity contribution in [2.45, 2.75) is 58.4 Å². The summed E-state index contributed by atoms with van der Waals surface area (Å²) in [5, 5.41) is 3.16. The lowest BCUT2D eigenvalue weighted by atomic mass is 9.95. The predicted molar refractivity (Wildman–Crippen MR) is 113 cm³/mol. The molecule has 0 radical (unpaired) electrons. The van der Waals surface area contributed by atoms with Gasteiger partial charge < -0.3 is 9.73 Å². The molecule has 0 bridgehead atoms. The minimum Gasteiger partial charge on any atom is -0.449 e. The number of oxazole rings is 1. The number of rotatable bonds is 5. The number of pyridine rings is 1. The maximum Gasteiger partial charge on any atom is 0.270 e. The number of aromatic nitrogens is 2. The van der Waals surface area contributed by atoms with Gasteiger partial charge in [0, 0.05) is 24.7 Å². The molecule has 0 saturated heterocycles. The maximum absolute atomic E-state index is 12.6. The van der Waals surface area contributed by atoms with Gasteiger partial charge in [-0.15, -0.1) is 0 Å². The monoisotopic (exact) mass is 389 g/mol. The highest BCUT2D eigenvalue weighted by atomic mass is 16.3. The van der Waals surface area contributed by atoms with Crippen LogP contribution < -0.4 is 5.32 Å². The fraction of sp³-hybridized carbons (Fsp3) is 0.375. The van der Waals surface area contributed by atoms with Gasteiger partial charge in [-0.3, -0.25) is 9.78 Å². The minimum atomic E-state index is -0.0603. The Morgan fingerprint density at radius 2 is 1.90 bits per heavy atom. The number of hydrogen-bond acceptors (Lipinski definition) is 4. The molecule has 5 heteroatoms. The first-order valence-electron chi connectivity index (χ1n) is 10.4. The SMILES string of the molecule is Cc1nc(-c2ccc(Cc3cc(C(=O)NC4CCCCC4)ncc3C)cc2)co1. The molecule has 29 heavy (non-hydrogen) atoms. The highest BCUT2D eigenvalue weighted by molar-refractivity contribution is 5.92. The van der Waals surface area contributed by atoms with Crippen molar-refractivity contribution < 1.29 is 9.21 Å². The molecule has 4 rings (SSSR count). The molecule has 3 aromatic rings. The van der Waals surface area contributed by atoms with E-state index in [1.807, 2.05) is 19.9 Å². The van der Waals surface area contributed by atoms with Crippen molar-refractivity contribution in [1.82, 2.24) is 15.3 Å². The van der Waals surface area contributed by atoms with E-state index < -0.39 is 0 Å². The van der Waals surface area contributed by atoms with Crippen LogP contribution in [0.4, 0.5) is 0 Å². The Morgan fingerprint density at radius 1 is 1.14 bits per heavy atom. The average molecular weight is 389 g/mol. The van der Waals surface area contributed by atoms with Gasteiger partial charge in [-0.1, -0.05) is 43.5 Å². The first-order valence-corrected chi connectivity index (χ1v) is 10.4. The van der Waals surface area contributed by atoms with E-state index in [0.717, 1.165) is 41.6 Å². The number of aryl methyl sites for hydroxylation is 2. The molecule has 0 spiro atoms. The lowest BCUT2D eigenvalue weighted by molar-refractivity contribution is 0.0922. The van der Waals surface area contributed by atoms with Crippen molar-refractivity contribution in [2.24, 2.45) is 0 Å². The number of amides is 1. The average Bonchev–Trinajstić information content (AvgIpc) is 3.17. The van der Waals surface area contributed by atoms with Gasteiger partial charge >= 0.3 is 0 Å². The van der Waals surface area contributed by atoms with E-state index in [-0.39, 0.29) is 11.9 Å². The zero-order valence-electron chi connectivity index (χ0n) is 17.1. The van der Waals surface area contributed by atoms with Gasteiger partial charge in [0.15, 0.2) is 5.89 Å². The van der Waals surface area contributed by atoms with Gasteiger partial charge in [-0.05, 0) is 48.9 Å². The molecule has 1 saturated carbocycles. The second-order valence-electron chi connectivity index (χ2n) is 7.93. The van der Waals surface area contributed by atoms with Crippen molar-refractivity contribution in [3.8, 4) is 11.3 Å². The first-order chi connectivity index (χ1) is 14.1. The van der Waals surface area contributed by atoms with Gasteiger partial charge in [-0.25, -0.2) is 4.98 Å². The largest absolute Gasteiger partial charge is 0.449 e. The van der Waals surface area contributed by atoms with Crippen LogP contribution >= 0.6 is 0 Å². The van der Waals surface area contributed by atoms with Gasteiger partial charge in [0.2, 0.25) is 0 Å². The summed E-state index contributed by atoms with van der Waals surface area (Å²) in [4.78, 5) is 21.4. The molecule has 1 N–H and O–H groups in total. The summed E-state index contributed by atoms with van der Waals surface area (Å²) in [6.07, 6.45) is 10.0. The third-order valence-electron chi connectivity index (χ3n) is 5.65. The molecule has 1 aliphatic carbocycles. The highest BCUT2D eigenvalue weighted by Gasteiger charge is 2.18. The summed E-state index contributed by atoms with van der Waals surface area (Å²) in [7, 11) is 0. The molecule has 2 heterocycles. The van der Waals surface area contributed by atoms with Crippen molar-refractivity contribution in [3.63, 3.8) is 0 Å². The molecule has 1 aromatic carbocycles. The van der Waals surface area contributed by atoms with Crippen molar-refractivity contribution in [3.05, 3.63) is 71.1 Å².